The standard InChI is InChI=1S/C12H16N4O3/c1-8-13-5-4-9(15-8)7-14-12(19)16-6-2-3-10(16)11(17)18/h4-5,10H,2-3,6-7H2,1H3,(H,14,19)(H,17,18)/t10-/m1/s1. The Bertz CT molecular complexity index is 492. The number of nitrogens with one attached hydrogen (secondary N) is 1. The highest BCUT2D eigenvalue weighted by atomic mass is 16.4. The molecular formula is C12H16N4O3. The van der Waals surface area contributed by atoms with Crippen molar-refractivity contribution < 1.29 is 14.7 Å². The largest absolute Gasteiger partial charge is 0.480 e. The Morgan fingerprint density at radius 3 is 3.05 bits per heavy atom. The third kappa shape index (κ3) is 3.18. The number of hydrogen-bond donors (Lipinski definition) is 2. The Kier molecular flexibility index (Phi) is 3.94. The number of aryl methyl sites for hydroxylation is 1. The molecule has 102 valence electrons. The maximum absolute atomic E-state index is 11.9. The topological polar surface area (TPSA) is 95.4 Å². The molecule has 1 aromatic rings. The second kappa shape index (κ2) is 5.64. The average Bonchev–Trinajstić information content (AvgIpc) is 2.85. The van der Waals surface area contributed by atoms with Gasteiger partial charge in [-0.05, 0) is 25.8 Å². The molecule has 7 nitrogen and oxygen atoms in total. The van der Waals surface area contributed by atoms with Gasteiger partial charge in [0.1, 0.15) is 11.9 Å². The Morgan fingerprint density at radius 1 is 1.58 bits per heavy atom. The Hall–Kier alpha value is -2.18. The lowest BCUT2D eigenvalue weighted by Crippen LogP contribution is -2.45. The maximum Gasteiger partial charge on any atom is 0.326 e. The van der Waals surface area contributed by atoms with Crippen LogP contribution in [-0.4, -0.2) is 44.6 Å². The highest BCUT2D eigenvalue weighted by Crippen LogP contribution is 2.17. The molecule has 1 aromatic heterocycles. The Balaban J connectivity index is 1.92. The van der Waals surface area contributed by atoms with Crippen LogP contribution in [0, 0.1) is 6.92 Å². The summed E-state index contributed by atoms with van der Waals surface area (Å²) in [4.78, 5) is 32.4. The van der Waals surface area contributed by atoms with Crippen LogP contribution in [0.3, 0.4) is 0 Å². The zero-order chi connectivity index (χ0) is 13.8. The van der Waals surface area contributed by atoms with E-state index < -0.39 is 12.0 Å². The van der Waals surface area contributed by atoms with E-state index in [0.717, 1.165) is 6.42 Å². The van der Waals surface area contributed by atoms with E-state index in [1.54, 1.807) is 19.2 Å². The number of carboxylic acid groups (broad SMARTS) is 1. The van der Waals surface area contributed by atoms with Gasteiger partial charge in [0, 0.05) is 12.7 Å². The molecule has 0 saturated carbocycles. The van der Waals surface area contributed by atoms with Crippen molar-refractivity contribution >= 4 is 12.0 Å². The van der Waals surface area contributed by atoms with Crippen molar-refractivity contribution in [1.82, 2.24) is 20.2 Å². The summed E-state index contributed by atoms with van der Waals surface area (Å²) >= 11 is 0. The number of carbonyl (C=O) groups is 2. The zero-order valence-electron chi connectivity index (χ0n) is 10.7. The smallest absolute Gasteiger partial charge is 0.326 e. The highest BCUT2D eigenvalue weighted by Gasteiger charge is 2.33. The summed E-state index contributed by atoms with van der Waals surface area (Å²) in [7, 11) is 0. The lowest BCUT2D eigenvalue weighted by atomic mass is 10.2. The van der Waals surface area contributed by atoms with Crippen LogP contribution in [0.25, 0.3) is 0 Å². The molecule has 1 fully saturated rings. The first-order chi connectivity index (χ1) is 9.08. The lowest BCUT2D eigenvalue weighted by molar-refractivity contribution is -0.141. The molecule has 1 atom stereocenters. The first-order valence-electron chi connectivity index (χ1n) is 6.13. The van der Waals surface area contributed by atoms with E-state index in [-0.39, 0.29) is 12.6 Å². The van der Waals surface area contributed by atoms with E-state index >= 15 is 0 Å². The normalized spacial score (nSPS) is 18.4. The first-order valence-corrected chi connectivity index (χ1v) is 6.13. The van der Waals surface area contributed by atoms with E-state index in [1.807, 2.05) is 0 Å². The van der Waals surface area contributed by atoms with Gasteiger partial charge in [-0.2, -0.15) is 0 Å². The maximum atomic E-state index is 11.9. The second-order valence-corrected chi connectivity index (χ2v) is 4.44. The van der Waals surface area contributed by atoms with Crippen molar-refractivity contribution in [3.63, 3.8) is 0 Å². The number of aromatic nitrogens is 2. The predicted molar refractivity (Wildman–Crippen MR) is 66.4 cm³/mol. The van der Waals surface area contributed by atoms with Crippen molar-refractivity contribution in [2.45, 2.75) is 32.4 Å². The van der Waals surface area contributed by atoms with Gasteiger partial charge in [-0.25, -0.2) is 19.6 Å². The minimum Gasteiger partial charge on any atom is -0.480 e. The molecule has 0 radical (unpaired) electrons. The summed E-state index contributed by atoms with van der Waals surface area (Å²) in [6.45, 7) is 2.52. The fourth-order valence-corrected chi connectivity index (χ4v) is 2.14. The van der Waals surface area contributed by atoms with Crippen molar-refractivity contribution in [1.29, 1.82) is 0 Å². The summed E-state index contributed by atoms with van der Waals surface area (Å²) < 4.78 is 0. The third-order valence-electron chi connectivity index (χ3n) is 3.05. The van der Waals surface area contributed by atoms with Crippen molar-refractivity contribution in [3.05, 3.63) is 23.8 Å². The Morgan fingerprint density at radius 2 is 2.37 bits per heavy atom. The molecule has 0 aromatic carbocycles. The molecule has 2 heterocycles. The quantitative estimate of drug-likeness (QED) is 0.831. The first kappa shape index (κ1) is 13.3. The van der Waals surface area contributed by atoms with E-state index in [9.17, 15) is 9.59 Å². The minimum atomic E-state index is -0.953. The molecule has 2 amide bonds. The minimum absolute atomic E-state index is 0.269. The molecule has 2 rings (SSSR count). The van der Waals surface area contributed by atoms with Crippen LogP contribution in [0.2, 0.25) is 0 Å². The molecular weight excluding hydrogens is 248 g/mol. The summed E-state index contributed by atoms with van der Waals surface area (Å²) in [6.07, 6.45) is 2.85. The van der Waals surface area contributed by atoms with Crippen LogP contribution in [0.5, 0.6) is 0 Å². The molecule has 2 N–H and O–H groups in total. The summed E-state index contributed by atoms with van der Waals surface area (Å²) in [5.74, 6) is -0.318. The van der Waals surface area contributed by atoms with Gasteiger partial charge in [0.25, 0.3) is 0 Å². The summed E-state index contributed by atoms with van der Waals surface area (Å²) in [5, 5.41) is 11.7. The molecule has 0 bridgehead atoms. The molecule has 1 aliphatic heterocycles. The predicted octanol–water partition coefficient (Wildman–Crippen LogP) is 0.544. The van der Waals surface area contributed by atoms with Crippen molar-refractivity contribution in [2.24, 2.45) is 0 Å². The molecule has 1 saturated heterocycles. The zero-order valence-corrected chi connectivity index (χ0v) is 10.7. The number of hydrogen-bond acceptors (Lipinski definition) is 4. The van der Waals surface area contributed by atoms with Crippen LogP contribution in [0.4, 0.5) is 4.79 Å². The Labute approximate surface area is 110 Å². The lowest BCUT2D eigenvalue weighted by Gasteiger charge is -2.21. The van der Waals surface area contributed by atoms with Gasteiger partial charge in [-0.1, -0.05) is 0 Å². The van der Waals surface area contributed by atoms with Gasteiger partial charge >= 0.3 is 12.0 Å². The van der Waals surface area contributed by atoms with Crippen molar-refractivity contribution in [2.75, 3.05) is 6.54 Å². The van der Waals surface area contributed by atoms with Crippen LogP contribution < -0.4 is 5.32 Å². The van der Waals surface area contributed by atoms with Gasteiger partial charge in [-0.3, -0.25) is 0 Å². The van der Waals surface area contributed by atoms with Crippen molar-refractivity contribution in [3.8, 4) is 0 Å². The van der Waals surface area contributed by atoms with Crippen LogP contribution in [0.15, 0.2) is 12.3 Å². The van der Waals surface area contributed by atoms with E-state index in [2.05, 4.69) is 15.3 Å². The van der Waals surface area contributed by atoms with Crippen LogP contribution >= 0.6 is 0 Å². The number of nitrogens with zero attached hydrogens (tertiary/aromatic N) is 3. The monoisotopic (exact) mass is 264 g/mol. The second-order valence-electron chi connectivity index (χ2n) is 4.44. The van der Waals surface area contributed by atoms with E-state index in [0.29, 0.717) is 24.5 Å². The fourth-order valence-electron chi connectivity index (χ4n) is 2.14. The number of carboxylic acids is 1. The number of aliphatic carboxylic acids is 1. The van der Waals surface area contributed by atoms with E-state index in [4.69, 9.17) is 5.11 Å². The number of carbonyl (C=O) groups excluding carboxylic acids is 1. The molecule has 0 unspecified atom stereocenters. The van der Waals surface area contributed by atoms with Crippen LogP contribution in [-0.2, 0) is 11.3 Å². The van der Waals surface area contributed by atoms with Gasteiger partial charge < -0.3 is 15.3 Å². The summed E-state index contributed by atoms with van der Waals surface area (Å²) in [5.41, 5.74) is 0.701. The van der Waals surface area contributed by atoms with Crippen LogP contribution in [0.1, 0.15) is 24.4 Å². The van der Waals surface area contributed by atoms with Gasteiger partial charge in [-0.15, -0.1) is 0 Å². The molecule has 1 aliphatic rings. The SMILES string of the molecule is Cc1nccc(CNC(=O)N2CCC[C@@H]2C(=O)O)n1. The molecule has 0 aliphatic carbocycles. The summed E-state index contributed by atoms with van der Waals surface area (Å²) in [6, 6.07) is 0.639. The third-order valence-corrected chi connectivity index (χ3v) is 3.05. The highest BCUT2D eigenvalue weighted by molar-refractivity contribution is 5.83. The van der Waals surface area contributed by atoms with E-state index in [1.165, 1.54) is 4.90 Å². The number of amides is 2. The molecule has 7 heteroatoms. The molecule has 19 heavy (non-hydrogen) atoms. The number of urea groups is 1. The molecule has 0 spiro atoms. The number of likely N-dealkylation sites (tertiary alicyclic amines) is 1. The van der Waals surface area contributed by atoms with Gasteiger partial charge in [0.05, 0.1) is 12.2 Å². The average molecular weight is 264 g/mol. The van der Waals surface area contributed by atoms with Gasteiger partial charge in [0.2, 0.25) is 0 Å². The van der Waals surface area contributed by atoms with Gasteiger partial charge in [0.15, 0.2) is 0 Å². The number of rotatable bonds is 3. The fraction of sp³-hybridized carbons (Fsp3) is 0.500.